The molecule has 1 saturated carbocycles. The van der Waals surface area contributed by atoms with E-state index >= 15 is 0 Å². The number of aromatic nitrogens is 2. The molecule has 1 aliphatic carbocycles. The van der Waals surface area contributed by atoms with Crippen molar-refractivity contribution < 1.29 is 14.7 Å². The van der Waals surface area contributed by atoms with Gasteiger partial charge >= 0.3 is 5.97 Å². The molecular weight excluding hydrogens is 306 g/mol. The number of carbonyl (C=O) groups is 2. The van der Waals surface area contributed by atoms with E-state index in [1.165, 1.54) is 5.56 Å². The standard InChI is InChI=1S/C18H21N3O3/c1-2-12-5-7-13(8-6-12)14-11-15(21-20-14)16(22)19-18(17(23)24)9-3-4-10-18/h5-8,11H,2-4,9-10H2,1H3,(H,19,22)(H,20,21)(H,23,24). The summed E-state index contributed by atoms with van der Waals surface area (Å²) in [5, 5.41) is 19.0. The van der Waals surface area contributed by atoms with Crippen LogP contribution >= 0.6 is 0 Å². The van der Waals surface area contributed by atoms with Crippen LogP contribution in [0.5, 0.6) is 0 Å². The average Bonchev–Trinajstić information content (AvgIpc) is 3.25. The van der Waals surface area contributed by atoms with Gasteiger partial charge in [-0.2, -0.15) is 5.10 Å². The number of rotatable bonds is 5. The van der Waals surface area contributed by atoms with E-state index in [0.29, 0.717) is 18.5 Å². The molecule has 3 rings (SSSR count). The minimum atomic E-state index is -1.15. The molecule has 2 aromatic rings. The molecule has 6 heteroatoms. The SMILES string of the molecule is CCc1ccc(-c2cc(C(=O)NC3(C(=O)O)CCCC3)[nH]n2)cc1. The van der Waals surface area contributed by atoms with E-state index in [-0.39, 0.29) is 5.69 Å². The fraction of sp³-hybridized carbons (Fsp3) is 0.389. The Kier molecular flexibility index (Phi) is 4.38. The number of hydrogen-bond donors (Lipinski definition) is 3. The molecule has 1 aliphatic rings. The maximum atomic E-state index is 12.4. The van der Waals surface area contributed by atoms with Crippen molar-refractivity contribution in [1.29, 1.82) is 0 Å². The molecule has 0 atom stereocenters. The smallest absolute Gasteiger partial charge is 0.329 e. The summed E-state index contributed by atoms with van der Waals surface area (Å²) in [7, 11) is 0. The second kappa shape index (κ2) is 6.47. The summed E-state index contributed by atoms with van der Waals surface area (Å²) >= 11 is 0. The first-order valence-corrected chi connectivity index (χ1v) is 8.25. The molecule has 0 bridgehead atoms. The lowest BCUT2D eigenvalue weighted by molar-refractivity contribution is -0.144. The summed E-state index contributed by atoms with van der Waals surface area (Å²) in [6.07, 6.45) is 3.52. The Bertz CT molecular complexity index is 743. The number of carbonyl (C=O) groups excluding carboxylic acids is 1. The zero-order chi connectivity index (χ0) is 17.2. The van der Waals surface area contributed by atoms with Crippen LogP contribution in [0.2, 0.25) is 0 Å². The van der Waals surface area contributed by atoms with Crippen LogP contribution in [0.15, 0.2) is 30.3 Å². The van der Waals surface area contributed by atoms with E-state index in [1.54, 1.807) is 6.07 Å². The highest BCUT2D eigenvalue weighted by Crippen LogP contribution is 2.30. The predicted molar refractivity (Wildman–Crippen MR) is 89.7 cm³/mol. The highest BCUT2D eigenvalue weighted by molar-refractivity contribution is 5.97. The lowest BCUT2D eigenvalue weighted by atomic mass is 9.97. The zero-order valence-electron chi connectivity index (χ0n) is 13.6. The first-order valence-electron chi connectivity index (χ1n) is 8.25. The molecule has 0 saturated heterocycles. The van der Waals surface area contributed by atoms with Gasteiger partial charge in [-0.1, -0.05) is 44.0 Å². The molecule has 126 valence electrons. The zero-order valence-corrected chi connectivity index (χ0v) is 13.6. The molecule has 0 unspecified atom stereocenters. The number of carboxylic acid groups (broad SMARTS) is 1. The van der Waals surface area contributed by atoms with Crippen LogP contribution in [-0.4, -0.2) is 32.7 Å². The monoisotopic (exact) mass is 327 g/mol. The van der Waals surface area contributed by atoms with Gasteiger partial charge in [0.1, 0.15) is 11.2 Å². The third-order valence-electron chi connectivity index (χ3n) is 4.70. The summed E-state index contributed by atoms with van der Waals surface area (Å²) in [4.78, 5) is 23.9. The molecule has 3 N–H and O–H groups in total. The van der Waals surface area contributed by atoms with Gasteiger partial charge in [-0.15, -0.1) is 0 Å². The first kappa shape index (κ1) is 16.2. The summed E-state index contributed by atoms with van der Waals surface area (Å²) in [5.74, 6) is -1.40. The third kappa shape index (κ3) is 3.04. The highest BCUT2D eigenvalue weighted by atomic mass is 16.4. The molecule has 0 aliphatic heterocycles. The number of carboxylic acids is 1. The van der Waals surface area contributed by atoms with Crippen LogP contribution in [-0.2, 0) is 11.2 Å². The molecule has 0 radical (unpaired) electrons. The second-order valence-electron chi connectivity index (χ2n) is 6.27. The summed E-state index contributed by atoms with van der Waals surface area (Å²) in [5.41, 5.74) is 1.94. The van der Waals surface area contributed by atoms with Gasteiger partial charge in [-0.05, 0) is 30.9 Å². The van der Waals surface area contributed by atoms with Gasteiger partial charge in [0.2, 0.25) is 0 Å². The van der Waals surface area contributed by atoms with Crippen LogP contribution in [0.1, 0.15) is 48.7 Å². The molecule has 1 aromatic carbocycles. The Morgan fingerprint density at radius 3 is 2.50 bits per heavy atom. The topological polar surface area (TPSA) is 95.1 Å². The van der Waals surface area contributed by atoms with Crippen LogP contribution < -0.4 is 5.32 Å². The van der Waals surface area contributed by atoms with Gasteiger partial charge in [-0.3, -0.25) is 9.89 Å². The molecule has 1 heterocycles. The molecular formula is C18H21N3O3. The Labute approximate surface area is 140 Å². The van der Waals surface area contributed by atoms with Crippen LogP contribution in [0.25, 0.3) is 11.3 Å². The van der Waals surface area contributed by atoms with Crippen molar-refractivity contribution in [1.82, 2.24) is 15.5 Å². The predicted octanol–water partition coefficient (Wildman–Crippen LogP) is 2.77. The number of aliphatic carboxylic acids is 1. The number of nitrogens with zero attached hydrogens (tertiary/aromatic N) is 1. The van der Waals surface area contributed by atoms with E-state index in [9.17, 15) is 14.7 Å². The number of nitrogens with one attached hydrogen (secondary N) is 2. The van der Waals surface area contributed by atoms with Gasteiger partial charge in [0.15, 0.2) is 0 Å². The normalized spacial score (nSPS) is 16.0. The number of benzene rings is 1. The fourth-order valence-corrected chi connectivity index (χ4v) is 3.15. The van der Waals surface area contributed by atoms with Crippen molar-refractivity contribution in [3.63, 3.8) is 0 Å². The number of aryl methyl sites for hydroxylation is 1. The first-order chi connectivity index (χ1) is 11.5. The largest absolute Gasteiger partial charge is 0.480 e. The summed E-state index contributed by atoms with van der Waals surface area (Å²) < 4.78 is 0. The maximum Gasteiger partial charge on any atom is 0.329 e. The average molecular weight is 327 g/mol. The third-order valence-corrected chi connectivity index (χ3v) is 4.70. The quantitative estimate of drug-likeness (QED) is 0.787. The Morgan fingerprint density at radius 2 is 1.92 bits per heavy atom. The Morgan fingerprint density at radius 1 is 1.25 bits per heavy atom. The number of H-pyrrole nitrogens is 1. The molecule has 0 spiro atoms. The Hall–Kier alpha value is -2.63. The van der Waals surface area contributed by atoms with Crippen molar-refractivity contribution >= 4 is 11.9 Å². The lowest BCUT2D eigenvalue weighted by Crippen LogP contribution is -2.52. The molecule has 1 aromatic heterocycles. The second-order valence-corrected chi connectivity index (χ2v) is 6.27. The van der Waals surface area contributed by atoms with E-state index in [1.807, 2.05) is 24.3 Å². The fourth-order valence-electron chi connectivity index (χ4n) is 3.15. The van der Waals surface area contributed by atoms with Gasteiger partial charge in [0.25, 0.3) is 5.91 Å². The van der Waals surface area contributed by atoms with E-state index in [0.717, 1.165) is 24.8 Å². The minimum Gasteiger partial charge on any atom is -0.480 e. The molecule has 1 fully saturated rings. The Balaban J connectivity index is 1.77. The van der Waals surface area contributed by atoms with Gasteiger partial charge in [-0.25, -0.2) is 4.79 Å². The molecule has 24 heavy (non-hydrogen) atoms. The van der Waals surface area contributed by atoms with Crippen molar-refractivity contribution in [2.75, 3.05) is 0 Å². The highest BCUT2D eigenvalue weighted by Gasteiger charge is 2.42. The number of aromatic amines is 1. The summed E-state index contributed by atoms with van der Waals surface area (Å²) in [6, 6.07) is 9.64. The van der Waals surface area contributed by atoms with Crippen molar-refractivity contribution in [2.24, 2.45) is 0 Å². The van der Waals surface area contributed by atoms with E-state index in [4.69, 9.17) is 0 Å². The van der Waals surface area contributed by atoms with E-state index in [2.05, 4.69) is 22.4 Å². The number of amides is 1. The number of hydrogen-bond acceptors (Lipinski definition) is 3. The molecule has 6 nitrogen and oxygen atoms in total. The maximum absolute atomic E-state index is 12.4. The van der Waals surface area contributed by atoms with Gasteiger partial charge in [0.05, 0.1) is 5.69 Å². The van der Waals surface area contributed by atoms with E-state index < -0.39 is 17.4 Å². The summed E-state index contributed by atoms with van der Waals surface area (Å²) in [6.45, 7) is 2.09. The minimum absolute atomic E-state index is 0.275. The van der Waals surface area contributed by atoms with Crippen LogP contribution in [0, 0.1) is 0 Å². The van der Waals surface area contributed by atoms with Crippen LogP contribution in [0.3, 0.4) is 0 Å². The lowest BCUT2D eigenvalue weighted by Gasteiger charge is -2.24. The molecule has 1 amide bonds. The van der Waals surface area contributed by atoms with Gasteiger partial charge < -0.3 is 10.4 Å². The van der Waals surface area contributed by atoms with Crippen molar-refractivity contribution in [3.8, 4) is 11.3 Å². The van der Waals surface area contributed by atoms with Crippen molar-refractivity contribution in [2.45, 2.75) is 44.6 Å². The van der Waals surface area contributed by atoms with Crippen molar-refractivity contribution in [3.05, 3.63) is 41.6 Å². The van der Waals surface area contributed by atoms with Gasteiger partial charge in [0, 0.05) is 5.56 Å². The van der Waals surface area contributed by atoms with Crippen LogP contribution in [0.4, 0.5) is 0 Å².